The van der Waals surface area contributed by atoms with Crippen LogP contribution in [0.1, 0.15) is 31.5 Å². The third kappa shape index (κ3) is 3.67. The summed E-state index contributed by atoms with van der Waals surface area (Å²) in [4.78, 5) is 0. The average molecular weight is 209 g/mol. The summed E-state index contributed by atoms with van der Waals surface area (Å²) < 4.78 is 2.02. The van der Waals surface area contributed by atoms with Crippen LogP contribution in [0.3, 0.4) is 0 Å². The zero-order valence-corrected chi connectivity index (χ0v) is 10.4. The molecule has 1 rings (SSSR count). The van der Waals surface area contributed by atoms with Crippen LogP contribution in [-0.4, -0.2) is 23.4 Å². The first-order chi connectivity index (χ1) is 7.15. The topological polar surface area (TPSA) is 29.9 Å². The quantitative estimate of drug-likeness (QED) is 0.724. The van der Waals surface area contributed by atoms with Crippen LogP contribution in [-0.2, 0) is 19.9 Å². The minimum Gasteiger partial charge on any atom is -0.320 e. The standard InChI is InChI=1S/C12H23N3/c1-10(2)8-12-11(6-5-7-13-3)9-14-15(12)4/h9-10,13H,5-8H2,1-4H3. The lowest BCUT2D eigenvalue weighted by Crippen LogP contribution is -2.10. The smallest absolute Gasteiger partial charge is 0.0524 e. The van der Waals surface area contributed by atoms with E-state index in [-0.39, 0.29) is 0 Å². The molecular formula is C12H23N3. The van der Waals surface area contributed by atoms with Crippen LogP contribution in [0.4, 0.5) is 0 Å². The van der Waals surface area contributed by atoms with E-state index in [9.17, 15) is 0 Å². The maximum Gasteiger partial charge on any atom is 0.0524 e. The van der Waals surface area contributed by atoms with Crippen molar-refractivity contribution in [3.05, 3.63) is 17.5 Å². The van der Waals surface area contributed by atoms with E-state index >= 15 is 0 Å². The van der Waals surface area contributed by atoms with Gasteiger partial charge in [-0.1, -0.05) is 13.8 Å². The summed E-state index contributed by atoms with van der Waals surface area (Å²) in [7, 11) is 4.04. The number of rotatable bonds is 6. The van der Waals surface area contributed by atoms with Crippen molar-refractivity contribution < 1.29 is 0 Å². The van der Waals surface area contributed by atoms with Crippen LogP contribution >= 0.6 is 0 Å². The predicted octanol–water partition coefficient (Wildman–Crippen LogP) is 1.77. The number of nitrogens with one attached hydrogen (secondary N) is 1. The lowest BCUT2D eigenvalue weighted by Gasteiger charge is -2.08. The third-order valence-corrected chi connectivity index (χ3v) is 2.62. The molecule has 1 aromatic rings. The molecule has 0 aliphatic carbocycles. The van der Waals surface area contributed by atoms with Crippen molar-refractivity contribution in [3.63, 3.8) is 0 Å². The van der Waals surface area contributed by atoms with E-state index in [0.29, 0.717) is 5.92 Å². The fraction of sp³-hybridized carbons (Fsp3) is 0.750. The maximum atomic E-state index is 4.34. The Morgan fingerprint density at radius 3 is 2.80 bits per heavy atom. The van der Waals surface area contributed by atoms with E-state index in [4.69, 9.17) is 0 Å². The fourth-order valence-electron chi connectivity index (χ4n) is 1.82. The molecule has 1 aromatic heterocycles. The molecule has 0 amide bonds. The SMILES string of the molecule is CNCCCc1cnn(C)c1CC(C)C. The highest BCUT2D eigenvalue weighted by Crippen LogP contribution is 2.14. The van der Waals surface area contributed by atoms with E-state index in [0.717, 1.165) is 19.4 Å². The van der Waals surface area contributed by atoms with Gasteiger partial charge in [0, 0.05) is 12.7 Å². The molecule has 0 aliphatic rings. The number of aromatic nitrogens is 2. The highest BCUT2D eigenvalue weighted by Gasteiger charge is 2.09. The second-order valence-corrected chi connectivity index (χ2v) is 4.55. The van der Waals surface area contributed by atoms with Gasteiger partial charge in [-0.05, 0) is 44.3 Å². The second kappa shape index (κ2) is 5.91. The number of hydrogen-bond acceptors (Lipinski definition) is 2. The number of nitrogens with zero attached hydrogens (tertiary/aromatic N) is 2. The zero-order chi connectivity index (χ0) is 11.3. The summed E-state index contributed by atoms with van der Waals surface area (Å²) in [5.74, 6) is 0.698. The molecule has 0 saturated heterocycles. The highest BCUT2D eigenvalue weighted by atomic mass is 15.3. The molecule has 1 heterocycles. The first-order valence-electron chi connectivity index (χ1n) is 5.79. The van der Waals surface area contributed by atoms with Gasteiger partial charge in [-0.2, -0.15) is 5.10 Å². The number of aryl methyl sites for hydroxylation is 2. The molecular weight excluding hydrogens is 186 g/mol. The van der Waals surface area contributed by atoms with Crippen molar-refractivity contribution in [3.8, 4) is 0 Å². The van der Waals surface area contributed by atoms with Gasteiger partial charge in [-0.15, -0.1) is 0 Å². The van der Waals surface area contributed by atoms with Crippen molar-refractivity contribution in [2.24, 2.45) is 13.0 Å². The lowest BCUT2D eigenvalue weighted by atomic mass is 10.0. The fourth-order valence-corrected chi connectivity index (χ4v) is 1.82. The van der Waals surface area contributed by atoms with Crippen LogP contribution in [0.25, 0.3) is 0 Å². The van der Waals surface area contributed by atoms with Crippen molar-refractivity contribution in [2.45, 2.75) is 33.1 Å². The van der Waals surface area contributed by atoms with Gasteiger partial charge in [0.2, 0.25) is 0 Å². The van der Waals surface area contributed by atoms with E-state index in [1.165, 1.54) is 17.7 Å². The first-order valence-corrected chi connectivity index (χ1v) is 5.79. The minimum absolute atomic E-state index is 0.698. The molecule has 0 spiro atoms. The molecule has 0 unspecified atom stereocenters. The second-order valence-electron chi connectivity index (χ2n) is 4.55. The minimum atomic E-state index is 0.698. The van der Waals surface area contributed by atoms with Crippen LogP contribution < -0.4 is 5.32 Å². The lowest BCUT2D eigenvalue weighted by molar-refractivity contribution is 0.589. The molecule has 86 valence electrons. The van der Waals surface area contributed by atoms with Gasteiger partial charge < -0.3 is 5.32 Å². The zero-order valence-electron chi connectivity index (χ0n) is 10.4. The molecule has 15 heavy (non-hydrogen) atoms. The first kappa shape index (κ1) is 12.2. The van der Waals surface area contributed by atoms with E-state index in [1.807, 2.05) is 25.0 Å². The van der Waals surface area contributed by atoms with E-state index in [2.05, 4.69) is 24.3 Å². The monoisotopic (exact) mass is 209 g/mol. The Bertz CT molecular complexity index is 289. The summed E-state index contributed by atoms with van der Waals surface area (Å²) in [6.07, 6.45) is 5.47. The summed E-state index contributed by atoms with van der Waals surface area (Å²) in [6.45, 7) is 5.59. The van der Waals surface area contributed by atoms with Gasteiger partial charge in [0.25, 0.3) is 0 Å². The van der Waals surface area contributed by atoms with Gasteiger partial charge in [-0.25, -0.2) is 0 Å². The van der Waals surface area contributed by atoms with Gasteiger partial charge in [0.05, 0.1) is 6.20 Å². The van der Waals surface area contributed by atoms with Gasteiger partial charge in [0.1, 0.15) is 0 Å². The maximum absolute atomic E-state index is 4.34. The molecule has 0 fully saturated rings. The van der Waals surface area contributed by atoms with Gasteiger partial charge >= 0.3 is 0 Å². The molecule has 3 heteroatoms. The number of hydrogen-bond donors (Lipinski definition) is 1. The van der Waals surface area contributed by atoms with Gasteiger partial charge in [-0.3, -0.25) is 4.68 Å². The molecule has 0 saturated carbocycles. The van der Waals surface area contributed by atoms with Crippen molar-refractivity contribution in [2.75, 3.05) is 13.6 Å². The summed E-state index contributed by atoms with van der Waals surface area (Å²) in [5.41, 5.74) is 2.82. The largest absolute Gasteiger partial charge is 0.320 e. The van der Waals surface area contributed by atoms with Crippen LogP contribution in [0.15, 0.2) is 6.20 Å². The Hall–Kier alpha value is -0.830. The normalized spacial score (nSPS) is 11.3. The third-order valence-electron chi connectivity index (χ3n) is 2.62. The molecule has 1 N–H and O–H groups in total. The Morgan fingerprint density at radius 2 is 2.20 bits per heavy atom. The average Bonchev–Trinajstić information content (AvgIpc) is 2.49. The Labute approximate surface area is 92.9 Å². The van der Waals surface area contributed by atoms with Crippen molar-refractivity contribution in [1.82, 2.24) is 15.1 Å². The van der Waals surface area contributed by atoms with E-state index < -0.39 is 0 Å². The summed E-state index contributed by atoms with van der Waals surface area (Å²) in [6, 6.07) is 0. The predicted molar refractivity (Wildman–Crippen MR) is 64.0 cm³/mol. The Balaban J connectivity index is 2.62. The van der Waals surface area contributed by atoms with Crippen LogP contribution in [0.2, 0.25) is 0 Å². The Kier molecular flexibility index (Phi) is 4.82. The van der Waals surface area contributed by atoms with Crippen LogP contribution in [0, 0.1) is 5.92 Å². The Morgan fingerprint density at radius 1 is 1.47 bits per heavy atom. The molecule has 0 atom stereocenters. The summed E-state index contributed by atoms with van der Waals surface area (Å²) >= 11 is 0. The van der Waals surface area contributed by atoms with E-state index in [1.54, 1.807) is 0 Å². The van der Waals surface area contributed by atoms with Gasteiger partial charge in [0.15, 0.2) is 0 Å². The van der Waals surface area contributed by atoms with Crippen LogP contribution in [0.5, 0.6) is 0 Å². The molecule has 3 nitrogen and oxygen atoms in total. The molecule has 0 aromatic carbocycles. The molecule has 0 radical (unpaired) electrons. The highest BCUT2D eigenvalue weighted by molar-refractivity contribution is 5.18. The molecule has 0 aliphatic heterocycles. The van der Waals surface area contributed by atoms with Crippen molar-refractivity contribution in [1.29, 1.82) is 0 Å². The van der Waals surface area contributed by atoms with Crippen molar-refractivity contribution >= 4 is 0 Å². The summed E-state index contributed by atoms with van der Waals surface area (Å²) in [5, 5.41) is 7.52. The molecule has 0 bridgehead atoms.